The van der Waals surface area contributed by atoms with Gasteiger partial charge in [0.1, 0.15) is 4.90 Å². The minimum Gasteiger partial charge on any atom is -1.00 e. The maximum Gasteiger partial charge on any atom is 0.400 e. The summed E-state index contributed by atoms with van der Waals surface area (Å²) < 4.78 is 28.3. The smallest absolute Gasteiger partial charge is 0.400 e. The first kappa shape index (κ1) is 22.7. The first-order chi connectivity index (χ1) is 11.6. The molecule has 3 nitrogen and oxygen atoms in total. The van der Waals surface area contributed by atoms with Gasteiger partial charge in [-0.05, 0) is 47.4 Å². The van der Waals surface area contributed by atoms with Gasteiger partial charge in [0.15, 0.2) is 12.4 Å². The zero-order chi connectivity index (χ0) is 18.9. The number of rotatable bonds is 5. The van der Waals surface area contributed by atoms with Gasteiger partial charge in [-0.3, -0.25) is 0 Å². The molecule has 1 aromatic carbocycles. The van der Waals surface area contributed by atoms with Crippen LogP contribution in [-0.4, -0.2) is 8.42 Å². The summed E-state index contributed by atoms with van der Waals surface area (Å²) in [5.74, 6) is 0.621. The van der Waals surface area contributed by atoms with Crippen LogP contribution in [0.25, 0.3) is 0 Å². The molecule has 0 aliphatic rings. The van der Waals surface area contributed by atoms with E-state index in [0.29, 0.717) is 10.8 Å². The van der Waals surface area contributed by atoms with Gasteiger partial charge in [0, 0.05) is 11.6 Å². The molecule has 0 atom stereocenters. The van der Waals surface area contributed by atoms with Crippen LogP contribution in [0.3, 0.4) is 0 Å². The number of nitrogens with zero attached hydrogens (tertiary/aromatic N) is 1. The van der Waals surface area contributed by atoms with E-state index >= 15 is 0 Å². The molecule has 0 radical (unpaired) electrons. The molecule has 5 heteroatoms. The van der Waals surface area contributed by atoms with Crippen molar-refractivity contribution < 1.29 is 24.8 Å². The van der Waals surface area contributed by atoms with Crippen molar-refractivity contribution in [2.24, 2.45) is 0 Å². The third kappa shape index (κ3) is 4.47. The highest BCUT2D eigenvalue weighted by Crippen LogP contribution is 2.34. The van der Waals surface area contributed by atoms with Crippen LogP contribution in [0, 0.1) is 6.92 Å². The van der Waals surface area contributed by atoms with Crippen molar-refractivity contribution in [3.8, 4) is 0 Å². The largest absolute Gasteiger partial charge is 1.00 e. The molecule has 0 amide bonds. The number of halogens is 1. The Bertz CT molecular complexity index is 842. The van der Waals surface area contributed by atoms with Crippen molar-refractivity contribution >= 4 is 10.0 Å². The minimum atomic E-state index is -3.64. The van der Waals surface area contributed by atoms with E-state index < -0.39 is 10.0 Å². The van der Waals surface area contributed by atoms with E-state index in [1.807, 2.05) is 13.0 Å². The molecular formula is C21H30ClNO2S. The number of benzene rings is 1. The van der Waals surface area contributed by atoms with Crippen molar-refractivity contribution in [3.63, 3.8) is 0 Å². The highest BCUT2D eigenvalue weighted by molar-refractivity contribution is 7.85. The second-order valence-electron chi connectivity index (χ2n) is 7.71. The summed E-state index contributed by atoms with van der Waals surface area (Å²) >= 11 is 0. The van der Waals surface area contributed by atoms with Crippen molar-refractivity contribution in [1.29, 1.82) is 0 Å². The molecule has 0 spiro atoms. The van der Waals surface area contributed by atoms with Gasteiger partial charge in [0.05, 0.1) is 0 Å². The zero-order valence-electron chi connectivity index (χ0n) is 16.7. The molecule has 2 rings (SSSR count). The van der Waals surface area contributed by atoms with Gasteiger partial charge >= 0.3 is 10.0 Å². The summed E-state index contributed by atoms with van der Waals surface area (Å²) in [4.78, 5) is 0.470. The van der Waals surface area contributed by atoms with Crippen LogP contribution in [0.4, 0.5) is 0 Å². The normalized spacial score (nSPS) is 11.9. The van der Waals surface area contributed by atoms with Crippen LogP contribution < -0.4 is 16.4 Å². The van der Waals surface area contributed by atoms with Gasteiger partial charge in [-0.15, -0.1) is 0 Å². The molecule has 0 aliphatic carbocycles. The third-order valence-corrected chi connectivity index (χ3v) is 6.31. The van der Waals surface area contributed by atoms with Crippen LogP contribution in [0.5, 0.6) is 0 Å². The number of hydrogen-bond donors (Lipinski definition) is 0. The lowest BCUT2D eigenvalue weighted by molar-refractivity contribution is -0.511. The monoisotopic (exact) mass is 395 g/mol. The predicted octanol–water partition coefficient (Wildman–Crippen LogP) is 1.89. The fourth-order valence-corrected chi connectivity index (χ4v) is 4.94. The average molecular weight is 396 g/mol. The van der Waals surface area contributed by atoms with E-state index in [1.54, 1.807) is 18.5 Å². The molecular weight excluding hydrogens is 366 g/mol. The Morgan fingerprint density at radius 3 is 1.77 bits per heavy atom. The SMILES string of the molecule is Cc1ccc[n+](S(=O)(=O)c2c(C(C)C)cc(C(C)C)cc2C(C)C)c1.[Cl-]. The minimum absolute atomic E-state index is 0. The van der Waals surface area contributed by atoms with Gasteiger partial charge in [0.25, 0.3) is 0 Å². The van der Waals surface area contributed by atoms with Crippen molar-refractivity contribution in [2.75, 3.05) is 0 Å². The van der Waals surface area contributed by atoms with Crippen molar-refractivity contribution in [2.45, 2.75) is 71.1 Å². The topological polar surface area (TPSA) is 38.0 Å². The Kier molecular flexibility index (Phi) is 7.43. The van der Waals surface area contributed by atoms with Gasteiger partial charge < -0.3 is 12.4 Å². The maximum atomic E-state index is 13.5. The second kappa shape index (κ2) is 8.53. The second-order valence-corrected chi connectivity index (χ2v) is 9.49. The average Bonchev–Trinajstić information content (AvgIpc) is 2.53. The van der Waals surface area contributed by atoms with Gasteiger partial charge in [-0.25, -0.2) is 0 Å². The quantitative estimate of drug-likeness (QED) is 0.725. The molecule has 144 valence electrons. The van der Waals surface area contributed by atoms with Gasteiger partial charge in [-0.1, -0.05) is 57.6 Å². The standard InChI is InChI=1S/C21H30NO2S.ClH/c1-14(2)18-11-19(15(3)4)21(20(12-18)16(5)6)25(23,24)22-10-8-9-17(7)13-22;/h8-16H,1-7H3;1H/q+1;/p-1. The van der Waals surface area contributed by atoms with Crippen LogP contribution in [-0.2, 0) is 10.0 Å². The molecule has 0 N–H and O–H groups in total. The number of aromatic nitrogens is 1. The van der Waals surface area contributed by atoms with E-state index in [-0.39, 0.29) is 24.2 Å². The van der Waals surface area contributed by atoms with Crippen LogP contribution in [0.2, 0.25) is 0 Å². The van der Waals surface area contributed by atoms with E-state index in [1.165, 1.54) is 9.54 Å². The lowest BCUT2D eigenvalue weighted by atomic mass is 9.89. The van der Waals surface area contributed by atoms with E-state index in [2.05, 4.69) is 53.7 Å². The van der Waals surface area contributed by atoms with E-state index in [9.17, 15) is 8.42 Å². The highest BCUT2D eigenvalue weighted by Gasteiger charge is 2.33. The van der Waals surface area contributed by atoms with E-state index in [0.717, 1.165) is 16.7 Å². The van der Waals surface area contributed by atoms with Crippen molar-refractivity contribution in [1.82, 2.24) is 0 Å². The summed E-state index contributed by atoms with van der Waals surface area (Å²) in [5.41, 5.74) is 3.93. The number of pyridine rings is 1. The molecule has 0 saturated heterocycles. The van der Waals surface area contributed by atoms with E-state index in [4.69, 9.17) is 0 Å². The van der Waals surface area contributed by atoms with Crippen molar-refractivity contribution in [3.05, 3.63) is 58.9 Å². The molecule has 1 aromatic heterocycles. The van der Waals surface area contributed by atoms with Gasteiger partial charge in [0.2, 0.25) is 0 Å². The lowest BCUT2D eigenvalue weighted by Gasteiger charge is -2.20. The Morgan fingerprint density at radius 1 is 0.885 bits per heavy atom. The summed E-state index contributed by atoms with van der Waals surface area (Å²) in [5, 5.41) is 0. The van der Waals surface area contributed by atoms with Crippen LogP contribution in [0.15, 0.2) is 41.6 Å². The summed E-state index contributed by atoms with van der Waals surface area (Å²) in [6.07, 6.45) is 3.30. The summed E-state index contributed by atoms with van der Waals surface area (Å²) in [6.45, 7) is 14.4. The maximum absolute atomic E-state index is 13.5. The fraction of sp³-hybridized carbons (Fsp3) is 0.476. The Labute approximate surface area is 164 Å². The molecule has 1 heterocycles. The predicted molar refractivity (Wildman–Crippen MR) is 103 cm³/mol. The van der Waals surface area contributed by atoms with Gasteiger partial charge in [-0.2, -0.15) is 8.42 Å². The Hall–Kier alpha value is -1.39. The Balaban J connectivity index is 0.00000338. The highest BCUT2D eigenvalue weighted by atomic mass is 35.5. The molecule has 26 heavy (non-hydrogen) atoms. The first-order valence-electron chi connectivity index (χ1n) is 8.97. The molecule has 0 aliphatic heterocycles. The lowest BCUT2D eigenvalue weighted by Crippen LogP contribution is -3.00. The third-order valence-electron chi connectivity index (χ3n) is 4.54. The summed E-state index contributed by atoms with van der Waals surface area (Å²) in [7, 11) is -3.64. The molecule has 0 bridgehead atoms. The number of aryl methyl sites for hydroxylation is 1. The zero-order valence-corrected chi connectivity index (χ0v) is 18.3. The van der Waals surface area contributed by atoms with Crippen LogP contribution in [0.1, 0.15) is 81.5 Å². The molecule has 0 saturated carbocycles. The number of hydrogen-bond acceptors (Lipinski definition) is 2. The Morgan fingerprint density at radius 2 is 1.38 bits per heavy atom. The van der Waals surface area contributed by atoms with Crippen LogP contribution >= 0.6 is 0 Å². The molecule has 0 fully saturated rings. The molecule has 2 aromatic rings. The fourth-order valence-electron chi connectivity index (χ4n) is 3.01. The molecule has 0 unspecified atom stereocenters. The first-order valence-corrected chi connectivity index (χ1v) is 10.4. The summed E-state index contributed by atoms with van der Waals surface area (Å²) in [6, 6.07) is 7.83.